The standard InChI is InChI=1S/C18H26O2/c1-2-6-15-9-12-18(13-10-15,17(19)20)14-11-16-7-4-3-5-8-16/h3-5,7-8,15H,2,6,9-14H2,1H3,(H,19,20). The van der Waals surface area contributed by atoms with Crippen LogP contribution in [0.1, 0.15) is 57.4 Å². The second-order valence-electron chi connectivity index (χ2n) is 6.30. The van der Waals surface area contributed by atoms with Gasteiger partial charge in [-0.2, -0.15) is 0 Å². The molecule has 1 fully saturated rings. The van der Waals surface area contributed by atoms with E-state index in [2.05, 4.69) is 19.1 Å². The average molecular weight is 274 g/mol. The fourth-order valence-corrected chi connectivity index (χ4v) is 3.53. The van der Waals surface area contributed by atoms with E-state index in [4.69, 9.17) is 0 Å². The molecule has 110 valence electrons. The highest BCUT2D eigenvalue weighted by atomic mass is 16.4. The highest BCUT2D eigenvalue weighted by Gasteiger charge is 2.41. The first kappa shape index (κ1) is 15.1. The maximum atomic E-state index is 11.8. The summed E-state index contributed by atoms with van der Waals surface area (Å²) in [5.41, 5.74) is 0.781. The lowest BCUT2D eigenvalue weighted by Crippen LogP contribution is -2.36. The van der Waals surface area contributed by atoms with E-state index in [9.17, 15) is 9.90 Å². The van der Waals surface area contributed by atoms with Crippen LogP contribution in [0, 0.1) is 11.3 Å². The molecule has 1 aromatic rings. The van der Waals surface area contributed by atoms with Crippen molar-refractivity contribution in [3.05, 3.63) is 35.9 Å². The topological polar surface area (TPSA) is 37.3 Å². The monoisotopic (exact) mass is 274 g/mol. The summed E-state index contributed by atoms with van der Waals surface area (Å²) in [5.74, 6) is 0.174. The molecular weight excluding hydrogens is 248 g/mol. The number of rotatable bonds is 6. The van der Waals surface area contributed by atoms with Gasteiger partial charge in [-0.3, -0.25) is 4.79 Å². The van der Waals surface area contributed by atoms with E-state index < -0.39 is 11.4 Å². The molecule has 0 atom stereocenters. The van der Waals surface area contributed by atoms with E-state index >= 15 is 0 Å². The predicted octanol–water partition coefficient (Wildman–Crippen LogP) is 4.68. The van der Waals surface area contributed by atoms with Crippen molar-refractivity contribution < 1.29 is 9.90 Å². The van der Waals surface area contributed by atoms with Crippen LogP contribution in [-0.2, 0) is 11.2 Å². The summed E-state index contributed by atoms with van der Waals surface area (Å²) in [5, 5.41) is 9.68. The second-order valence-corrected chi connectivity index (χ2v) is 6.30. The van der Waals surface area contributed by atoms with Gasteiger partial charge in [0.05, 0.1) is 5.41 Å². The van der Waals surface area contributed by atoms with Gasteiger partial charge in [-0.15, -0.1) is 0 Å². The van der Waals surface area contributed by atoms with Crippen LogP contribution in [-0.4, -0.2) is 11.1 Å². The van der Waals surface area contributed by atoms with Crippen molar-refractivity contribution in [2.24, 2.45) is 11.3 Å². The Labute approximate surface area is 122 Å². The Hall–Kier alpha value is -1.31. The van der Waals surface area contributed by atoms with Crippen molar-refractivity contribution in [3.8, 4) is 0 Å². The first-order chi connectivity index (χ1) is 9.66. The lowest BCUT2D eigenvalue weighted by Gasteiger charge is -2.37. The van der Waals surface area contributed by atoms with Crippen LogP contribution < -0.4 is 0 Å². The van der Waals surface area contributed by atoms with Gasteiger partial charge in [-0.1, -0.05) is 50.1 Å². The zero-order chi connectivity index (χ0) is 14.4. The minimum absolute atomic E-state index is 0.472. The van der Waals surface area contributed by atoms with Crippen LogP contribution in [0.5, 0.6) is 0 Å². The first-order valence-corrected chi connectivity index (χ1v) is 7.93. The zero-order valence-corrected chi connectivity index (χ0v) is 12.5. The second kappa shape index (κ2) is 6.92. The van der Waals surface area contributed by atoms with Gasteiger partial charge in [0, 0.05) is 0 Å². The summed E-state index contributed by atoms with van der Waals surface area (Å²) in [6, 6.07) is 10.3. The molecule has 2 heteroatoms. The molecule has 1 aromatic carbocycles. The smallest absolute Gasteiger partial charge is 0.309 e. The van der Waals surface area contributed by atoms with Crippen LogP contribution in [0.25, 0.3) is 0 Å². The molecule has 0 aromatic heterocycles. The zero-order valence-electron chi connectivity index (χ0n) is 12.5. The van der Waals surface area contributed by atoms with Crippen molar-refractivity contribution in [3.63, 3.8) is 0 Å². The number of carboxylic acids is 1. The molecule has 1 saturated carbocycles. The van der Waals surface area contributed by atoms with Gasteiger partial charge < -0.3 is 5.11 Å². The quantitative estimate of drug-likeness (QED) is 0.817. The Balaban J connectivity index is 1.96. The number of hydrogen-bond donors (Lipinski definition) is 1. The lowest BCUT2D eigenvalue weighted by molar-refractivity contribution is -0.152. The third-order valence-corrected chi connectivity index (χ3v) is 4.95. The minimum Gasteiger partial charge on any atom is -0.481 e. The van der Waals surface area contributed by atoms with E-state index in [0.29, 0.717) is 0 Å². The highest BCUT2D eigenvalue weighted by Crippen LogP contribution is 2.43. The molecule has 2 rings (SSSR count). The fraction of sp³-hybridized carbons (Fsp3) is 0.611. The van der Waals surface area contributed by atoms with Crippen LogP contribution in [0.2, 0.25) is 0 Å². The third kappa shape index (κ3) is 3.62. The van der Waals surface area contributed by atoms with E-state index in [0.717, 1.165) is 44.4 Å². The van der Waals surface area contributed by atoms with Crippen LogP contribution in [0.4, 0.5) is 0 Å². The number of hydrogen-bond acceptors (Lipinski definition) is 1. The maximum Gasteiger partial charge on any atom is 0.309 e. The SMILES string of the molecule is CCCC1CCC(CCc2ccccc2)(C(=O)O)CC1. The van der Waals surface area contributed by atoms with E-state index in [1.54, 1.807) is 0 Å². The van der Waals surface area contributed by atoms with E-state index in [1.165, 1.54) is 18.4 Å². The number of aryl methyl sites for hydroxylation is 1. The molecule has 0 bridgehead atoms. The lowest BCUT2D eigenvalue weighted by atomic mass is 9.67. The van der Waals surface area contributed by atoms with Crippen LogP contribution >= 0.6 is 0 Å². The molecule has 20 heavy (non-hydrogen) atoms. The van der Waals surface area contributed by atoms with Gasteiger partial charge in [0.1, 0.15) is 0 Å². The van der Waals surface area contributed by atoms with E-state index in [1.807, 2.05) is 18.2 Å². The number of carboxylic acid groups (broad SMARTS) is 1. The Kier molecular flexibility index (Phi) is 5.22. The van der Waals surface area contributed by atoms with E-state index in [-0.39, 0.29) is 0 Å². The molecule has 0 amide bonds. The highest BCUT2D eigenvalue weighted by molar-refractivity contribution is 5.74. The molecule has 0 radical (unpaired) electrons. The van der Waals surface area contributed by atoms with Gasteiger partial charge in [-0.25, -0.2) is 0 Å². The molecule has 0 aliphatic heterocycles. The van der Waals surface area contributed by atoms with Gasteiger partial charge >= 0.3 is 5.97 Å². The average Bonchev–Trinajstić information content (AvgIpc) is 2.48. The number of carbonyl (C=O) groups is 1. The van der Waals surface area contributed by atoms with Gasteiger partial charge in [0.2, 0.25) is 0 Å². The first-order valence-electron chi connectivity index (χ1n) is 7.93. The Morgan fingerprint density at radius 3 is 2.45 bits per heavy atom. The van der Waals surface area contributed by atoms with Crippen molar-refractivity contribution in [2.45, 2.75) is 58.3 Å². The largest absolute Gasteiger partial charge is 0.481 e. The van der Waals surface area contributed by atoms with Crippen molar-refractivity contribution in [1.82, 2.24) is 0 Å². The molecule has 1 aliphatic rings. The molecule has 0 heterocycles. The van der Waals surface area contributed by atoms with Crippen molar-refractivity contribution >= 4 is 5.97 Å². The summed E-state index contributed by atoms with van der Waals surface area (Å²) >= 11 is 0. The fourth-order valence-electron chi connectivity index (χ4n) is 3.53. The molecular formula is C18H26O2. The minimum atomic E-state index is -0.580. The Morgan fingerprint density at radius 2 is 1.90 bits per heavy atom. The number of benzene rings is 1. The summed E-state index contributed by atoms with van der Waals surface area (Å²) < 4.78 is 0. The maximum absolute atomic E-state index is 11.8. The molecule has 0 saturated heterocycles. The molecule has 0 spiro atoms. The van der Waals surface area contributed by atoms with Crippen molar-refractivity contribution in [1.29, 1.82) is 0 Å². The van der Waals surface area contributed by atoms with Crippen molar-refractivity contribution in [2.75, 3.05) is 0 Å². The summed E-state index contributed by atoms with van der Waals surface area (Å²) in [4.78, 5) is 11.8. The molecule has 1 aliphatic carbocycles. The van der Waals surface area contributed by atoms with Gasteiger partial charge in [-0.05, 0) is 50.0 Å². The summed E-state index contributed by atoms with van der Waals surface area (Å²) in [6.45, 7) is 2.22. The normalized spacial score (nSPS) is 26.4. The van der Waals surface area contributed by atoms with Crippen LogP contribution in [0.15, 0.2) is 30.3 Å². The molecule has 0 unspecified atom stereocenters. The van der Waals surface area contributed by atoms with Gasteiger partial charge in [0.15, 0.2) is 0 Å². The molecule has 2 nitrogen and oxygen atoms in total. The Morgan fingerprint density at radius 1 is 1.25 bits per heavy atom. The Bertz CT molecular complexity index is 416. The summed E-state index contributed by atoms with van der Waals surface area (Å²) in [7, 11) is 0. The van der Waals surface area contributed by atoms with Gasteiger partial charge in [0.25, 0.3) is 0 Å². The molecule has 1 N–H and O–H groups in total. The van der Waals surface area contributed by atoms with Crippen LogP contribution in [0.3, 0.4) is 0 Å². The third-order valence-electron chi connectivity index (χ3n) is 4.95. The number of aliphatic carboxylic acids is 1. The summed E-state index contributed by atoms with van der Waals surface area (Å²) in [6.07, 6.45) is 8.05. The predicted molar refractivity (Wildman–Crippen MR) is 81.7 cm³/mol.